The maximum atomic E-state index is 6.05. The number of anilines is 1. The van der Waals surface area contributed by atoms with E-state index in [4.69, 9.17) is 27.6 Å². The maximum absolute atomic E-state index is 6.05. The van der Waals surface area contributed by atoms with Crippen molar-refractivity contribution in [3.63, 3.8) is 0 Å². The monoisotopic (exact) mass is 332 g/mol. The van der Waals surface area contributed by atoms with Crippen LogP contribution in [0.4, 0.5) is 5.69 Å². The number of hydrogen-bond acceptors (Lipinski definition) is 3. The first-order valence-corrected chi connectivity index (χ1v) is 7.50. The second kappa shape index (κ2) is 6.03. The van der Waals surface area contributed by atoms with E-state index in [2.05, 4.69) is 4.98 Å². The Morgan fingerprint density at radius 3 is 2.32 bits per heavy atom. The van der Waals surface area contributed by atoms with Gasteiger partial charge in [-0.3, -0.25) is 0 Å². The molecule has 0 radical (unpaired) electrons. The molecule has 1 aromatic heterocycles. The van der Waals surface area contributed by atoms with Crippen molar-refractivity contribution in [2.75, 3.05) is 19.0 Å². The van der Waals surface area contributed by atoms with Crippen molar-refractivity contribution in [2.45, 2.75) is 0 Å². The molecule has 3 aromatic rings. The second-order valence-electron chi connectivity index (χ2n) is 5.10. The topological polar surface area (TPSA) is 29.3 Å². The fourth-order valence-corrected chi connectivity index (χ4v) is 2.58. The van der Waals surface area contributed by atoms with Gasteiger partial charge in [-0.1, -0.05) is 35.9 Å². The Hall–Kier alpha value is -1.97. The molecule has 0 saturated carbocycles. The zero-order chi connectivity index (χ0) is 15.7. The summed E-state index contributed by atoms with van der Waals surface area (Å²) in [4.78, 5) is 6.34. The Labute approximate surface area is 139 Å². The Kier molecular flexibility index (Phi) is 4.10. The molecule has 0 atom stereocenters. The molecule has 0 unspecified atom stereocenters. The van der Waals surface area contributed by atoms with Crippen LogP contribution in [0.25, 0.3) is 22.6 Å². The van der Waals surface area contributed by atoms with Gasteiger partial charge in [0.1, 0.15) is 5.69 Å². The van der Waals surface area contributed by atoms with Gasteiger partial charge in [-0.25, -0.2) is 0 Å². The van der Waals surface area contributed by atoms with Crippen LogP contribution in [-0.4, -0.2) is 19.1 Å². The van der Waals surface area contributed by atoms with Crippen molar-refractivity contribution in [3.05, 3.63) is 58.9 Å². The predicted molar refractivity (Wildman–Crippen MR) is 91.7 cm³/mol. The van der Waals surface area contributed by atoms with E-state index in [0.717, 1.165) is 16.8 Å². The number of halogens is 2. The van der Waals surface area contributed by atoms with Gasteiger partial charge in [-0.05, 0) is 35.9 Å². The third kappa shape index (κ3) is 2.96. The molecule has 5 heteroatoms. The lowest BCUT2D eigenvalue weighted by molar-refractivity contribution is 0.574. The van der Waals surface area contributed by atoms with Crippen LogP contribution in [0, 0.1) is 0 Å². The average molecular weight is 333 g/mol. The van der Waals surface area contributed by atoms with E-state index in [1.807, 2.05) is 67.5 Å². The summed E-state index contributed by atoms with van der Waals surface area (Å²) in [5, 5.41) is 0.751. The molecule has 0 amide bonds. The Balaban J connectivity index is 2.08. The first kappa shape index (κ1) is 14.9. The quantitative estimate of drug-likeness (QED) is 0.644. The lowest BCUT2D eigenvalue weighted by Gasteiger charge is -2.12. The molecule has 0 spiro atoms. The Bertz CT molecular complexity index is 795. The minimum atomic E-state index is 0.113. The highest BCUT2D eigenvalue weighted by atomic mass is 35.5. The highest BCUT2D eigenvalue weighted by Crippen LogP contribution is 2.35. The van der Waals surface area contributed by atoms with Crippen molar-refractivity contribution in [2.24, 2.45) is 0 Å². The van der Waals surface area contributed by atoms with E-state index in [9.17, 15) is 0 Å². The van der Waals surface area contributed by atoms with E-state index >= 15 is 0 Å². The molecule has 2 aromatic carbocycles. The molecule has 0 aliphatic rings. The van der Waals surface area contributed by atoms with Crippen LogP contribution < -0.4 is 4.90 Å². The van der Waals surface area contributed by atoms with Crippen LogP contribution in [-0.2, 0) is 0 Å². The Morgan fingerprint density at radius 1 is 0.955 bits per heavy atom. The van der Waals surface area contributed by atoms with Crippen molar-refractivity contribution >= 4 is 28.9 Å². The molecule has 0 aliphatic carbocycles. The fourth-order valence-electron chi connectivity index (χ4n) is 2.23. The lowest BCUT2D eigenvalue weighted by Crippen LogP contribution is -2.07. The largest absolute Gasteiger partial charge is 0.427 e. The maximum Gasteiger partial charge on any atom is 0.293 e. The molecule has 112 valence electrons. The van der Waals surface area contributed by atoms with E-state index in [0.29, 0.717) is 16.5 Å². The molecular weight excluding hydrogens is 319 g/mol. The number of aromatic nitrogens is 1. The molecule has 0 N–H and O–H groups in total. The molecule has 0 bridgehead atoms. The van der Waals surface area contributed by atoms with Gasteiger partial charge in [0.25, 0.3) is 5.35 Å². The SMILES string of the molecule is CN(C)c1ccc(-c2nc(Cl)oc2-c2cccc(Cl)c2)cc1. The summed E-state index contributed by atoms with van der Waals surface area (Å²) in [7, 11) is 4.00. The van der Waals surface area contributed by atoms with Crippen LogP contribution in [0.3, 0.4) is 0 Å². The normalized spacial score (nSPS) is 10.7. The molecule has 0 aliphatic heterocycles. The first-order valence-electron chi connectivity index (χ1n) is 6.74. The van der Waals surface area contributed by atoms with Crippen LogP contribution >= 0.6 is 23.2 Å². The van der Waals surface area contributed by atoms with E-state index in [1.165, 1.54) is 0 Å². The number of oxazole rings is 1. The second-order valence-corrected chi connectivity index (χ2v) is 5.86. The molecule has 0 saturated heterocycles. The molecular formula is C17H14Cl2N2O. The molecule has 0 fully saturated rings. The molecule has 22 heavy (non-hydrogen) atoms. The third-order valence-electron chi connectivity index (χ3n) is 3.35. The van der Waals surface area contributed by atoms with Crippen molar-refractivity contribution < 1.29 is 4.42 Å². The highest BCUT2D eigenvalue weighted by molar-refractivity contribution is 6.31. The van der Waals surface area contributed by atoms with Crippen LogP contribution in [0.5, 0.6) is 0 Å². The lowest BCUT2D eigenvalue weighted by atomic mass is 10.1. The number of benzene rings is 2. The molecule has 3 nitrogen and oxygen atoms in total. The minimum Gasteiger partial charge on any atom is -0.427 e. The average Bonchev–Trinajstić information content (AvgIpc) is 2.89. The minimum absolute atomic E-state index is 0.113. The third-order valence-corrected chi connectivity index (χ3v) is 3.74. The summed E-state index contributed by atoms with van der Waals surface area (Å²) in [5.41, 5.74) is 3.61. The summed E-state index contributed by atoms with van der Waals surface area (Å²) in [6.07, 6.45) is 0. The van der Waals surface area contributed by atoms with Gasteiger partial charge in [0.05, 0.1) is 0 Å². The highest BCUT2D eigenvalue weighted by Gasteiger charge is 2.16. The fraction of sp³-hybridized carbons (Fsp3) is 0.118. The zero-order valence-corrected chi connectivity index (χ0v) is 13.7. The van der Waals surface area contributed by atoms with Gasteiger partial charge < -0.3 is 9.32 Å². The van der Waals surface area contributed by atoms with Gasteiger partial charge in [0.15, 0.2) is 5.76 Å². The van der Waals surface area contributed by atoms with Crippen LogP contribution in [0.15, 0.2) is 52.9 Å². The van der Waals surface area contributed by atoms with E-state index < -0.39 is 0 Å². The van der Waals surface area contributed by atoms with Gasteiger partial charge in [0.2, 0.25) is 0 Å². The Morgan fingerprint density at radius 2 is 1.68 bits per heavy atom. The standard InChI is InChI=1S/C17H14Cl2N2O/c1-21(2)14-8-6-11(7-9-14)15-16(22-17(19)20-15)12-4-3-5-13(18)10-12/h3-10H,1-2H3. The van der Waals surface area contributed by atoms with Gasteiger partial charge >= 0.3 is 0 Å². The van der Waals surface area contributed by atoms with Gasteiger partial charge in [-0.15, -0.1) is 0 Å². The first-order chi connectivity index (χ1) is 10.5. The van der Waals surface area contributed by atoms with E-state index in [1.54, 1.807) is 0 Å². The van der Waals surface area contributed by atoms with Crippen molar-refractivity contribution in [1.29, 1.82) is 0 Å². The number of nitrogens with zero attached hydrogens (tertiary/aromatic N) is 2. The van der Waals surface area contributed by atoms with Crippen molar-refractivity contribution in [3.8, 4) is 22.6 Å². The van der Waals surface area contributed by atoms with E-state index in [-0.39, 0.29) is 5.35 Å². The molecule has 3 rings (SSSR count). The summed E-state index contributed by atoms with van der Waals surface area (Å²) < 4.78 is 5.57. The summed E-state index contributed by atoms with van der Waals surface area (Å²) in [5.74, 6) is 0.616. The summed E-state index contributed by atoms with van der Waals surface area (Å²) in [6.45, 7) is 0. The summed E-state index contributed by atoms with van der Waals surface area (Å²) in [6, 6.07) is 15.5. The predicted octanol–water partition coefficient (Wildman–Crippen LogP) is 5.38. The zero-order valence-electron chi connectivity index (χ0n) is 12.2. The van der Waals surface area contributed by atoms with Gasteiger partial charge in [0, 0.05) is 35.9 Å². The van der Waals surface area contributed by atoms with Crippen LogP contribution in [0.1, 0.15) is 0 Å². The smallest absolute Gasteiger partial charge is 0.293 e. The number of hydrogen-bond donors (Lipinski definition) is 0. The van der Waals surface area contributed by atoms with Crippen LogP contribution in [0.2, 0.25) is 10.4 Å². The van der Waals surface area contributed by atoms with Gasteiger partial charge in [-0.2, -0.15) is 4.98 Å². The number of rotatable bonds is 3. The molecule has 1 heterocycles. The summed E-state index contributed by atoms with van der Waals surface area (Å²) >= 11 is 12.0. The van der Waals surface area contributed by atoms with Crippen molar-refractivity contribution in [1.82, 2.24) is 4.98 Å².